The minimum atomic E-state index is -0.140. The predicted octanol–water partition coefficient (Wildman–Crippen LogP) is 0.369. The number of rotatable bonds is 3. The molecule has 0 aromatic heterocycles. The molecule has 14 heavy (non-hydrogen) atoms. The molecule has 76 valence electrons. The van der Waals surface area contributed by atoms with E-state index in [1.807, 2.05) is 0 Å². The molecule has 1 saturated heterocycles. The number of nitrogens with two attached hydrogens (primary N) is 1. The second-order valence-electron chi connectivity index (χ2n) is 3.76. The van der Waals surface area contributed by atoms with E-state index in [9.17, 15) is 0 Å². The fourth-order valence-corrected chi connectivity index (χ4v) is 1.71. The summed E-state index contributed by atoms with van der Waals surface area (Å²) in [5.41, 5.74) is 7.94. The maximum absolute atomic E-state index is 9.16. The largest absolute Gasteiger partial charge is 0.389 e. The summed E-state index contributed by atoms with van der Waals surface area (Å²) in [6.07, 6.45) is 0.793. The van der Waals surface area contributed by atoms with E-state index in [0.717, 1.165) is 19.5 Å². The van der Waals surface area contributed by atoms with Crippen LogP contribution in [0, 0.1) is 0 Å². The number of β-amino-alcohol motifs (C(OH)–C–C–N with tert-alkyl or cyclic N) is 1. The SMILES string of the molecule is NCCc1ccc(N2CC(O)C2)cc1. The highest BCUT2D eigenvalue weighted by Gasteiger charge is 2.23. The number of aliphatic hydroxyl groups excluding tert-OH is 1. The summed E-state index contributed by atoms with van der Waals surface area (Å²) >= 11 is 0. The Labute approximate surface area is 84.1 Å². The van der Waals surface area contributed by atoms with E-state index in [1.165, 1.54) is 11.3 Å². The Bertz CT molecular complexity index is 291. The molecule has 0 saturated carbocycles. The summed E-state index contributed by atoms with van der Waals surface area (Å²) in [6.45, 7) is 2.22. The molecule has 0 amide bonds. The van der Waals surface area contributed by atoms with E-state index >= 15 is 0 Å². The number of nitrogens with zero attached hydrogens (tertiary/aromatic N) is 1. The molecule has 1 fully saturated rings. The van der Waals surface area contributed by atoms with Crippen molar-refractivity contribution in [2.45, 2.75) is 12.5 Å². The van der Waals surface area contributed by atoms with Crippen molar-refractivity contribution < 1.29 is 5.11 Å². The standard InChI is InChI=1S/C11H16N2O/c12-6-5-9-1-3-10(4-2-9)13-7-11(14)8-13/h1-4,11,14H,5-8,12H2. The number of benzene rings is 1. The van der Waals surface area contributed by atoms with Gasteiger partial charge in [0, 0.05) is 18.8 Å². The molecule has 2 rings (SSSR count). The highest BCUT2D eigenvalue weighted by Crippen LogP contribution is 2.21. The third-order valence-electron chi connectivity index (χ3n) is 2.60. The van der Waals surface area contributed by atoms with Crippen LogP contribution >= 0.6 is 0 Å². The van der Waals surface area contributed by atoms with Gasteiger partial charge in [0.2, 0.25) is 0 Å². The summed E-state index contributed by atoms with van der Waals surface area (Å²) in [4.78, 5) is 2.16. The predicted molar refractivity (Wildman–Crippen MR) is 57.4 cm³/mol. The van der Waals surface area contributed by atoms with Gasteiger partial charge >= 0.3 is 0 Å². The number of aliphatic hydroxyl groups is 1. The first-order valence-corrected chi connectivity index (χ1v) is 5.01. The molecule has 0 atom stereocenters. The first-order chi connectivity index (χ1) is 6.79. The summed E-state index contributed by atoms with van der Waals surface area (Å²) < 4.78 is 0. The maximum Gasteiger partial charge on any atom is 0.0889 e. The Morgan fingerprint density at radius 3 is 2.43 bits per heavy atom. The molecule has 3 N–H and O–H groups in total. The Hall–Kier alpha value is -1.06. The lowest BCUT2D eigenvalue weighted by molar-refractivity contribution is 0.142. The lowest BCUT2D eigenvalue weighted by Gasteiger charge is -2.37. The number of anilines is 1. The quantitative estimate of drug-likeness (QED) is 0.727. The van der Waals surface area contributed by atoms with Crippen LogP contribution in [-0.4, -0.2) is 30.8 Å². The molecule has 3 nitrogen and oxygen atoms in total. The zero-order valence-electron chi connectivity index (χ0n) is 8.19. The molecule has 0 radical (unpaired) electrons. The minimum absolute atomic E-state index is 0.140. The first-order valence-electron chi connectivity index (χ1n) is 5.01. The Morgan fingerprint density at radius 2 is 1.93 bits per heavy atom. The Balaban J connectivity index is 1.99. The molecule has 0 aliphatic carbocycles. The Kier molecular flexibility index (Phi) is 2.70. The van der Waals surface area contributed by atoms with Crippen molar-refractivity contribution in [3.63, 3.8) is 0 Å². The van der Waals surface area contributed by atoms with Crippen LogP contribution in [0.1, 0.15) is 5.56 Å². The molecule has 1 aliphatic heterocycles. The number of hydrogen-bond donors (Lipinski definition) is 2. The van der Waals surface area contributed by atoms with Crippen LogP contribution in [-0.2, 0) is 6.42 Å². The fraction of sp³-hybridized carbons (Fsp3) is 0.455. The van der Waals surface area contributed by atoms with Gasteiger partial charge in [0.1, 0.15) is 0 Å². The van der Waals surface area contributed by atoms with Gasteiger partial charge in [-0.3, -0.25) is 0 Å². The van der Waals surface area contributed by atoms with Gasteiger partial charge in [-0.15, -0.1) is 0 Å². The van der Waals surface area contributed by atoms with E-state index in [-0.39, 0.29) is 6.10 Å². The van der Waals surface area contributed by atoms with E-state index < -0.39 is 0 Å². The maximum atomic E-state index is 9.16. The van der Waals surface area contributed by atoms with Crippen LogP contribution in [0.25, 0.3) is 0 Å². The van der Waals surface area contributed by atoms with Crippen LogP contribution in [0.5, 0.6) is 0 Å². The lowest BCUT2D eigenvalue weighted by atomic mass is 10.1. The summed E-state index contributed by atoms with van der Waals surface area (Å²) in [5.74, 6) is 0. The minimum Gasteiger partial charge on any atom is -0.389 e. The van der Waals surface area contributed by atoms with Crippen LogP contribution < -0.4 is 10.6 Å². The van der Waals surface area contributed by atoms with Crippen LogP contribution in [0.2, 0.25) is 0 Å². The van der Waals surface area contributed by atoms with Crippen molar-refractivity contribution in [3.8, 4) is 0 Å². The van der Waals surface area contributed by atoms with Gasteiger partial charge in [-0.25, -0.2) is 0 Å². The second-order valence-corrected chi connectivity index (χ2v) is 3.76. The Morgan fingerprint density at radius 1 is 1.29 bits per heavy atom. The molecular formula is C11H16N2O. The smallest absolute Gasteiger partial charge is 0.0889 e. The fourth-order valence-electron chi connectivity index (χ4n) is 1.71. The molecule has 1 heterocycles. The first kappa shape index (κ1) is 9.49. The molecule has 1 aromatic rings. The second kappa shape index (κ2) is 3.98. The van der Waals surface area contributed by atoms with Gasteiger partial charge < -0.3 is 15.7 Å². The van der Waals surface area contributed by atoms with Gasteiger partial charge in [0.25, 0.3) is 0 Å². The van der Waals surface area contributed by atoms with E-state index in [1.54, 1.807) is 0 Å². The van der Waals surface area contributed by atoms with Crippen LogP contribution in [0.15, 0.2) is 24.3 Å². The molecule has 3 heteroatoms. The van der Waals surface area contributed by atoms with Crippen molar-refractivity contribution in [2.75, 3.05) is 24.5 Å². The highest BCUT2D eigenvalue weighted by molar-refractivity contribution is 5.50. The van der Waals surface area contributed by atoms with Gasteiger partial charge in [-0.2, -0.15) is 0 Å². The van der Waals surface area contributed by atoms with E-state index in [2.05, 4.69) is 29.2 Å². The zero-order valence-corrected chi connectivity index (χ0v) is 8.19. The third-order valence-corrected chi connectivity index (χ3v) is 2.60. The van der Waals surface area contributed by atoms with Crippen molar-refractivity contribution >= 4 is 5.69 Å². The van der Waals surface area contributed by atoms with Gasteiger partial charge in [0.05, 0.1) is 6.10 Å². The lowest BCUT2D eigenvalue weighted by Crippen LogP contribution is -2.50. The number of hydrogen-bond acceptors (Lipinski definition) is 3. The average Bonchev–Trinajstić information content (AvgIpc) is 2.15. The molecule has 1 aromatic carbocycles. The normalized spacial score (nSPS) is 16.9. The molecule has 0 bridgehead atoms. The van der Waals surface area contributed by atoms with Gasteiger partial charge in [0.15, 0.2) is 0 Å². The van der Waals surface area contributed by atoms with Crippen LogP contribution in [0.3, 0.4) is 0 Å². The third kappa shape index (κ3) is 1.89. The van der Waals surface area contributed by atoms with Crippen molar-refractivity contribution in [1.82, 2.24) is 0 Å². The average molecular weight is 192 g/mol. The van der Waals surface area contributed by atoms with Gasteiger partial charge in [-0.05, 0) is 30.7 Å². The molecule has 1 aliphatic rings. The summed E-state index contributed by atoms with van der Waals surface area (Å²) in [7, 11) is 0. The summed E-state index contributed by atoms with van der Waals surface area (Å²) in [5, 5.41) is 9.16. The van der Waals surface area contributed by atoms with Crippen molar-refractivity contribution in [3.05, 3.63) is 29.8 Å². The van der Waals surface area contributed by atoms with E-state index in [4.69, 9.17) is 10.8 Å². The molecule has 0 unspecified atom stereocenters. The van der Waals surface area contributed by atoms with Gasteiger partial charge in [-0.1, -0.05) is 12.1 Å². The van der Waals surface area contributed by atoms with Crippen molar-refractivity contribution in [2.24, 2.45) is 5.73 Å². The molecule has 0 spiro atoms. The molecular weight excluding hydrogens is 176 g/mol. The monoisotopic (exact) mass is 192 g/mol. The highest BCUT2D eigenvalue weighted by atomic mass is 16.3. The van der Waals surface area contributed by atoms with E-state index in [0.29, 0.717) is 6.54 Å². The van der Waals surface area contributed by atoms with Crippen molar-refractivity contribution in [1.29, 1.82) is 0 Å². The topological polar surface area (TPSA) is 49.5 Å². The zero-order chi connectivity index (χ0) is 9.97. The van der Waals surface area contributed by atoms with Crippen LogP contribution in [0.4, 0.5) is 5.69 Å². The summed E-state index contributed by atoms with van der Waals surface area (Å²) in [6, 6.07) is 8.40.